The van der Waals surface area contributed by atoms with Gasteiger partial charge in [-0.15, -0.1) is 0 Å². The number of ether oxygens (including phenoxy) is 1. The molecule has 22 heavy (non-hydrogen) atoms. The maximum atomic E-state index is 12.1. The van der Waals surface area contributed by atoms with Crippen LogP contribution in [0, 0.1) is 6.92 Å². The largest absolute Gasteiger partial charge is 0.497 e. The van der Waals surface area contributed by atoms with Crippen molar-refractivity contribution in [2.75, 3.05) is 25.5 Å². The Morgan fingerprint density at radius 1 is 0.955 bits per heavy atom. The summed E-state index contributed by atoms with van der Waals surface area (Å²) < 4.78 is 31.8. The van der Waals surface area contributed by atoms with Crippen molar-refractivity contribution < 1.29 is 13.2 Å². The van der Waals surface area contributed by atoms with Crippen LogP contribution in [0.5, 0.6) is 5.75 Å². The first-order valence-corrected chi connectivity index (χ1v) is 8.44. The molecule has 0 heterocycles. The van der Waals surface area contributed by atoms with Crippen LogP contribution in [0.2, 0.25) is 0 Å². The average Bonchev–Trinajstić information content (AvgIpc) is 2.52. The molecule has 0 amide bonds. The van der Waals surface area contributed by atoms with Gasteiger partial charge in [0.05, 0.1) is 12.0 Å². The van der Waals surface area contributed by atoms with Gasteiger partial charge in [0, 0.05) is 18.8 Å². The molecule has 0 spiro atoms. The molecule has 0 aliphatic carbocycles. The molecule has 0 aliphatic heterocycles. The van der Waals surface area contributed by atoms with Crippen molar-refractivity contribution in [2.45, 2.75) is 11.8 Å². The summed E-state index contributed by atoms with van der Waals surface area (Å²) in [6.07, 6.45) is 0. The minimum absolute atomic E-state index is 0.280. The second-order valence-electron chi connectivity index (χ2n) is 4.87. The molecule has 2 aromatic rings. The van der Waals surface area contributed by atoms with E-state index in [0.29, 0.717) is 13.1 Å². The van der Waals surface area contributed by atoms with Gasteiger partial charge in [-0.3, -0.25) is 0 Å². The Kier molecular flexibility index (Phi) is 5.41. The predicted molar refractivity (Wildman–Crippen MR) is 87.9 cm³/mol. The SMILES string of the molecule is COc1ccc(NCCNS(=O)(=O)c2ccc(C)cc2)cc1. The molecule has 0 aliphatic rings. The highest BCUT2D eigenvalue weighted by Crippen LogP contribution is 2.14. The Labute approximate surface area is 131 Å². The number of hydrogen-bond donors (Lipinski definition) is 2. The minimum Gasteiger partial charge on any atom is -0.497 e. The van der Waals surface area contributed by atoms with Crippen LogP contribution < -0.4 is 14.8 Å². The van der Waals surface area contributed by atoms with Gasteiger partial charge >= 0.3 is 0 Å². The second-order valence-corrected chi connectivity index (χ2v) is 6.63. The standard InChI is InChI=1S/C16H20N2O3S/c1-13-3-9-16(10-4-13)22(19,20)18-12-11-17-14-5-7-15(21-2)8-6-14/h3-10,17-18H,11-12H2,1-2H3. The smallest absolute Gasteiger partial charge is 0.240 e. The Morgan fingerprint density at radius 2 is 1.59 bits per heavy atom. The van der Waals surface area contributed by atoms with Crippen molar-refractivity contribution in [3.8, 4) is 5.75 Å². The monoisotopic (exact) mass is 320 g/mol. The second kappa shape index (κ2) is 7.29. The van der Waals surface area contributed by atoms with Crippen molar-refractivity contribution in [1.82, 2.24) is 4.72 Å². The lowest BCUT2D eigenvalue weighted by Gasteiger charge is -2.09. The zero-order chi connectivity index (χ0) is 16.0. The molecule has 5 nitrogen and oxygen atoms in total. The van der Waals surface area contributed by atoms with Gasteiger partial charge in [0.25, 0.3) is 0 Å². The van der Waals surface area contributed by atoms with E-state index >= 15 is 0 Å². The molecule has 0 bridgehead atoms. The number of methoxy groups -OCH3 is 1. The molecule has 6 heteroatoms. The lowest BCUT2D eigenvalue weighted by atomic mass is 10.2. The van der Waals surface area contributed by atoms with Gasteiger partial charge in [-0.05, 0) is 43.3 Å². The maximum Gasteiger partial charge on any atom is 0.240 e. The normalized spacial score (nSPS) is 11.2. The highest BCUT2D eigenvalue weighted by Gasteiger charge is 2.12. The molecule has 2 N–H and O–H groups in total. The van der Waals surface area contributed by atoms with Crippen LogP contribution in [0.4, 0.5) is 5.69 Å². The third-order valence-corrected chi connectivity index (χ3v) is 4.64. The molecule has 0 saturated carbocycles. The van der Waals surface area contributed by atoms with Crippen LogP contribution in [-0.2, 0) is 10.0 Å². The van der Waals surface area contributed by atoms with E-state index in [9.17, 15) is 8.42 Å². The number of sulfonamides is 1. The molecule has 0 atom stereocenters. The van der Waals surface area contributed by atoms with Crippen LogP contribution in [0.3, 0.4) is 0 Å². The first-order chi connectivity index (χ1) is 10.5. The molecular weight excluding hydrogens is 300 g/mol. The summed E-state index contributed by atoms with van der Waals surface area (Å²) in [5.74, 6) is 0.783. The van der Waals surface area contributed by atoms with Gasteiger partial charge in [0.15, 0.2) is 0 Å². The summed E-state index contributed by atoms with van der Waals surface area (Å²) in [6, 6.07) is 14.2. The van der Waals surface area contributed by atoms with Crippen LogP contribution in [0.1, 0.15) is 5.56 Å². The Balaban J connectivity index is 1.83. The first-order valence-electron chi connectivity index (χ1n) is 6.95. The minimum atomic E-state index is -3.45. The maximum absolute atomic E-state index is 12.1. The Hall–Kier alpha value is -2.05. The molecule has 0 fully saturated rings. The van der Waals surface area contributed by atoms with Crippen molar-refractivity contribution in [3.05, 3.63) is 54.1 Å². The number of hydrogen-bond acceptors (Lipinski definition) is 4. The summed E-state index contributed by atoms with van der Waals surface area (Å²) >= 11 is 0. The fourth-order valence-corrected chi connectivity index (χ4v) is 2.93. The number of nitrogens with one attached hydrogen (secondary N) is 2. The van der Waals surface area contributed by atoms with E-state index in [0.717, 1.165) is 17.0 Å². The average molecular weight is 320 g/mol. The van der Waals surface area contributed by atoms with Gasteiger partial charge < -0.3 is 10.1 Å². The van der Waals surface area contributed by atoms with E-state index in [-0.39, 0.29) is 4.90 Å². The van der Waals surface area contributed by atoms with Crippen molar-refractivity contribution in [3.63, 3.8) is 0 Å². The molecule has 118 valence electrons. The van der Waals surface area contributed by atoms with Gasteiger partial charge in [-0.1, -0.05) is 17.7 Å². The Bertz CT molecular complexity index is 695. The van der Waals surface area contributed by atoms with Crippen LogP contribution in [-0.4, -0.2) is 28.6 Å². The lowest BCUT2D eigenvalue weighted by Crippen LogP contribution is -2.28. The van der Waals surface area contributed by atoms with Crippen LogP contribution >= 0.6 is 0 Å². The van der Waals surface area contributed by atoms with E-state index in [1.165, 1.54) is 0 Å². The highest BCUT2D eigenvalue weighted by molar-refractivity contribution is 7.89. The number of aryl methyl sites for hydroxylation is 1. The summed E-state index contributed by atoms with van der Waals surface area (Å²) in [5.41, 5.74) is 1.94. The van der Waals surface area contributed by atoms with E-state index < -0.39 is 10.0 Å². The fourth-order valence-electron chi connectivity index (χ4n) is 1.90. The molecule has 0 unspecified atom stereocenters. The predicted octanol–water partition coefficient (Wildman–Crippen LogP) is 2.39. The highest BCUT2D eigenvalue weighted by atomic mass is 32.2. The van der Waals surface area contributed by atoms with Gasteiger partial charge in [0.1, 0.15) is 5.75 Å². The fraction of sp³-hybridized carbons (Fsp3) is 0.250. The summed E-state index contributed by atoms with van der Waals surface area (Å²) in [4.78, 5) is 0.280. The number of benzene rings is 2. The molecular formula is C16H20N2O3S. The molecule has 0 radical (unpaired) electrons. The van der Waals surface area contributed by atoms with E-state index in [1.807, 2.05) is 31.2 Å². The number of rotatable bonds is 7. The topological polar surface area (TPSA) is 67.4 Å². The number of anilines is 1. The Morgan fingerprint density at radius 3 is 2.18 bits per heavy atom. The zero-order valence-corrected chi connectivity index (χ0v) is 13.5. The third kappa shape index (κ3) is 4.47. The third-order valence-electron chi connectivity index (χ3n) is 3.17. The molecule has 2 rings (SSSR count). The van der Waals surface area contributed by atoms with E-state index in [2.05, 4.69) is 10.0 Å². The van der Waals surface area contributed by atoms with Gasteiger partial charge in [-0.25, -0.2) is 13.1 Å². The molecule has 0 saturated heterocycles. The van der Waals surface area contributed by atoms with Crippen molar-refractivity contribution in [1.29, 1.82) is 0 Å². The summed E-state index contributed by atoms with van der Waals surface area (Å²) in [7, 11) is -1.84. The van der Waals surface area contributed by atoms with Crippen molar-refractivity contribution >= 4 is 15.7 Å². The van der Waals surface area contributed by atoms with Gasteiger partial charge in [-0.2, -0.15) is 0 Å². The molecule has 0 aromatic heterocycles. The quantitative estimate of drug-likeness (QED) is 0.769. The first kappa shape index (κ1) is 16.3. The lowest BCUT2D eigenvalue weighted by molar-refractivity contribution is 0.415. The van der Waals surface area contributed by atoms with Crippen LogP contribution in [0.15, 0.2) is 53.4 Å². The summed E-state index contributed by atoms with van der Waals surface area (Å²) in [5, 5.41) is 3.15. The zero-order valence-electron chi connectivity index (χ0n) is 12.7. The van der Waals surface area contributed by atoms with Gasteiger partial charge in [0.2, 0.25) is 10.0 Å². The van der Waals surface area contributed by atoms with Crippen molar-refractivity contribution in [2.24, 2.45) is 0 Å². The van der Waals surface area contributed by atoms with E-state index in [4.69, 9.17) is 4.74 Å². The summed E-state index contributed by atoms with van der Waals surface area (Å²) in [6.45, 7) is 2.72. The van der Waals surface area contributed by atoms with E-state index in [1.54, 1.807) is 31.4 Å². The van der Waals surface area contributed by atoms with Crippen LogP contribution in [0.25, 0.3) is 0 Å². The molecule has 2 aromatic carbocycles.